The third kappa shape index (κ3) is 0.904. The zero-order valence-electron chi connectivity index (χ0n) is 5.86. The monoisotopic (exact) mass is 140 g/mol. The van der Waals surface area contributed by atoms with Gasteiger partial charge in [-0.25, -0.2) is 0 Å². The Hall–Kier alpha value is -0.570. The second kappa shape index (κ2) is 2.23. The maximum absolute atomic E-state index is 5.76. The molecule has 0 radical (unpaired) electrons. The predicted molar refractivity (Wildman–Crippen MR) is 39.0 cm³/mol. The highest BCUT2D eigenvalue weighted by molar-refractivity contribution is 5.50. The average molecular weight is 140 g/mol. The van der Waals surface area contributed by atoms with Gasteiger partial charge in [0.05, 0.1) is 6.04 Å². The topological polar surface area (TPSA) is 47.6 Å². The number of nitrogens with zero attached hydrogens (tertiary/aromatic N) is 1. The average Bonchev–Trinajstić information content (AvgIpc) is 2.33. The van der Waals surface area contributed by atoms with E-state index >= 15 is 0 Å². The smallest absolute Gasteiger partial charge is 0.170 e. The molecular weight excluding hydrogens is 128 g/mol. The summed E-state index contributed by atoms with van der Waals surface area (Å²) in [5, 5.41) is 0. The lowest BCUT2D eigenvalue weighted by atomic mass is 9.90. The van der Waals surface area contributed by atoms with Crippen molar-refractivity contribution >= 4 is 6.40 Å². The second-order valence-corrected chi connectivity index (χ2v) is 3.07. The highest BCUT2D eigenvalue weighted by atomic mass is 16.5. The van der Waals surface area contributed by atoms with Crippen molar-refractivity contribution in [1.82, 2.24) is 0 Å². The summed E-state index contributed by atoms with van der Waals surface area (Å²) in [4.78, 5) is 4.19. The molecule has 1 aliphatic carbocycles. The predicted octanol–water partition coefficient (Wildman–Crippen LogP) is 0.293. The van der Waals surface area contributed by atoms with Gasteiger partial charge >= 0.3 is 0 Å². The van der Waals surface area contributed by atoms with E-state index in [0.717, 1.165) is 19.3 Å². The quantitative estimate of drug-likeness (QED) is 0.526. The molecule has 2 N–H and O–H groups in total. The first-order chi connectivity index (χ1) is 4.86. The van der Waals surface area contributed by atoms with E-state index in [1.165, 1.54) is 0 Å². The van der Waals surface area contributed by atoms with E-state index in [1.807, 2.05) is 0 Å². The van der Waals surface area contributed by atoms with E-state index in [4.69, 9.17) is 10.5 Å². The minimum Gasteiger partial charge on any atom is -0.478 e. The standard InChI is InChI=1S/C7H12N2O/c8-5-1-2-6-7(3-5)10-4-9-6/h4-7H,1-3,8H2. The third-order valence-corrected chi connectivity index (χ3v) is 2.29. The Labute approximate surface area is 60.3 Å². The van der Waals surface area contributed by atoms with Crippen molar-refractivity contribution in [3.8, 4) is 0 Å². The van der Waals surface area contributed by atoms with Gasteiger partial charge in [0.2, 0.25) is 0 Å². The molecule has 1 fully saturated rings. The lowest BCUT2D eigenvalue weighted by Gasteiger charge is -2.26. The summed E-state index contributed by atoms with van der Waals surface area (Å²) >= 11 is 0. The molecule has 3 nitrogen and oxygen atoms in total. The Balaban J connectivity index is 2.01. The maximum atomic E-state index is 5.76. The Morgan fingerprint density at radius 1 is 1.50 bits per heavy atom. The number of aliphatic imine (C=N–C) groups is 1. The van der Waals surface area contributed by atoms with Crippen molar-refractivity contribution in [1.29, 1.82) is 0 Å². The summed E-state index contributed by atoms with van der Waals surface area (Å²) in [6, 6.07) is 0.753. The minimum absolute atomic E-state index is 0.295. The van der Waals surface area contributed by atoms with Crippen molar-refractivity contribution < 1.29 is 4.74 Å². The largest absolute Gasteiger partial charge is 0.478 e. The molecule has 3 atom stereocenters. The molecule has 0 bridgehead atoms. The van der Waals surface area contributed by atoms with Gasteiger partial charge in [-0.3, -0.25) is 4.99 Å². The molecule has 3 unspecified atom stereocenters. The maximum Gasteiger partial charge on any atom is 0.170 e. The van der Waals surface area contributed by atoms with E-state index in [1.54, 1.807) is 6.40 Å². The van der Waals surface area contributed by atoms with Crippen molar-refractivity contribution in [2.24, 2.45) is 10.7 Å². The zero-order valence-corrected chi connectivity index (χ0v) is 5.86. The molecule has 1 heterocycles. The number of nitrogens with two attached hydrogens (primary N) is 1. The van der Waals surface area contributed by atoms with E-state index in [0.29, 0.717) is 18.2 Å². The minimum atomic E-state index is 0.295. The van der Waals surface area contributed by atoms with Gasteiger partial charge in [0.15, 0.2) is 6.40 Å². The van der Waals surface area contributed by atoms with E-state index in [-0.39, 0.29) is 0 Å². The first kappa shape index (κ1) is 6.16. The Morgan fingerprint density at radius 3 is 3.30 bits per heavy atom. The third-order valence-electron chi connectivity index (χ3n) is 2.29. The van der Waals surface area contributed by atoms with Gasteiger partial charge in [-0.1, -0.05) is 0 Å². The summed E-state index contributed by atoms with van der Waals surface area (Å²) in [6.07, 6.45) is 5.05. The van der Waals surface area contributed by atoms with Crippen molar-refractivity contribution in [2.45, 2.75) is 37.5 Å². The van der Waals surface area contributed by atoms with Crippen LogP contribution < -0.4 is 5.73 Å². The van der Waals surface area contributed by atoms with E-state index < -0.39 is 0 Å². The first-order valence-electron chi connectivity index (χ1n) is 3.79. The molecule has 1 saturated carbocycles. The van der Waals surface area contributed by atoms with Gasteiger partial charge in [0, 0.05) is 12.5 Å². The Morgan fingerprint density at radius 2 is 2.40 bits per heavy atom. The summed E-state index contributed by atoms with van der Waals surface area (Å²) in [5.41, 5.74) is 5.76. The SMILES string of the molecule is NC1CCC2N=COC2C1. The van der Waals surface area contributed by atoms with E-state index in [2.05, 4.69) is 4.99 Å². The molecule has 0 spiro atoms. The van der Waals surface area contributed by atoms with Crippen molar-refractivity contribution in [3.05, 3.63) is 0 Å². The summed E-state index contributed by atoms with van der Waals surface area (Å²) < 4.78 is 5.26. The number of hydrogen-bond acceptors (Lipinski definition) is 3. The van der Waals surface area contributed by atoms with Crippen LogP contribution in [0.1, 0.15) is 19.3 Å². The zero-order chi connectivity index (χ0) is 6.97. The first-order valence-corrected chi connectivity index (χ1v) is 3.79. The molecule has 56 valence electrons. The summed E-state index contributed by atoms with van der Waals surface area (Å²) in [6.45, 7) is 0. The normalized spacial score (nSPS) is 44.7. The molecule has 10 heavy (non-hydrogen) atoms. The van der Waals surface area contributed by atoms with Crippen LogP contribution in [0.4, 0.5) is 0 Å². The van der Waals surface area contributed by atoms with Crippen LogP contribution in [0, 0.1) is 0 Å². The van der Waals surface area contributed by atoms with Gasteiger partial charge < -0.3 is 10.5 Å². The molecule has 0 aromatic carbocycles. The molecule has 2 aliphatic rings. The number of fused-ring (bicyclic) bond motifs is 1. The fourth-order valence-corrected chi connectivity index (χ4v) is 1.65. The summed E-state index contributed by atoms with van der Waals surface area (Å²) in [7, 11) is 0. The van der Waals surface area contributed by atoms with Crippen LogP contribution in [0.2, 0.25) is 0 Å². The van der Waals surface area contributed by atoms with Crippen molar-refractivity contribution in [3.63, 3.8) is 0 Å². The Bertz CT molecular complexity index is 158. The van der Waals surface area contributed by atoms with Gasteiger partial charge in [-0.05, 0) is 12.8 Å². The Kier molecular flexibility index (Phi) is 1.38. The molecule has 2 rings (SSSR count). The van der Waals surface area contributed by atoms with Crippen LogP contribution >= 0.6 is 0 Å². The lowest BCUT2D eigenvalue weighted by Crippen LogP contribution is -2.37. The summed E-state index contributed by atoms with van der Waals surface area (Å²) in [5.74, 6) is 0. The fourth-order valence-electron chi connectivity index (χ4n) is 1.65. The van der Waals surface area contributed by atoms with Gasteiger partial charge in [-0.2, -0.15) is 0 Å². The second-order valence-electron chi connectivity index (χ2n) is 3.07. The van der Waals surface area contributed by atoms with Crippen LogP contribution in [-0.4, -0.2) is 24.6 Å². The number of rotatable bonds is 0. The highest BCUT2D eigenvalue weighted by Crippen LogP contribution is 2.25. The van der Waals surface area contributed by atoms with Crippen LogP contribution in [0.25, 0.3) is 0 Å². The fraction of sp³-hybridized carbons (Fsp3) is 0.857. The molecule has 1 aliphatic heterocycles. The van der Waals surface area contributed by atoms with Crippen molar-refractivity contribution in [2.75, 3.05) is 0 Å². The van der Waals surface area contributed by atoms with Crippen LogP contribution in [-0.2, 0) is 4.74 Å². The molecule has 0 aromatic rings. The van der Waals surface area contributed by atoms with Crippen LogP contribution in [0.5, 0.6) is 0 Å². The highest BCUT2D eigenvalue weighted by Gasteiger charge is 2.32. The van der Waals surface area contributed by atoms with Gasteiger partial charge in [-0.15, -0.1) is 0 Å². The van der Waals surface area contributed by atoms with E-state index in [9.17, 15) is 0 Å². The molecule has 0 saturated heterocycles. The molecule has 0 amide bonds. The van der Waals surface area contributed by atoms with Crippen LogP contribution in [0.15, 0.2) is 4.99 Å². The molecule has 0 aromatic heterocycles. The number of ether oxygens (including phenoxy) is 1. The van der Waals surface area contributed by atoms with Gasteiger partial charge in [0.25, 0.3) is 0 Å². The van der Waals surface area contributed by atoms with Crippen LogP contribution in [0.3, 0.4) is 0 Å². The van der Waals surface area contributed by atoms with Gasteiger partial charge in [0.1, 0.15) is 6.10 Å². The molecule has 3 heteroatoms. The number of hydrogen-bond donors (Lipinski definition) is 1. The lowest BCUT2D eigenvalue weighted by molar-refractivity contribution is 0.147. The molecular formula is C7H12N2O.